The van der Waals surface area contributed by atoms with E-state index in [1.165, 1.54) is 5.56 Å². The molecule has 0 radical (unpaired) electrons. The van der Waals surface area contributed by atoms with Gasteiger partial charge in [-0.2, -0.15) is 0 Å². The Bertz CT molecular complexity index is 273. The molecule has 1 rings (SSSR count). The fourth-order valence-corrected chi connectivity index (χ4v) is 1.66. The van der Waals surface area contributed by atoms with E-state index >= 15 is 0 Å². The van der Waals surface area contributed by atoms with Crippen molar-refractivity contribution in [2.24, 2.45) is 5.92 Å². The Balaban J connectivity index is 2.37. The Labute approximate surface area is 98.7 Å². The van der Waals surface area contributed by atoms with Gasteiger partial charge in [-0.25, -0.2) is 0 Å². The van der Waals surface area contributed by atoms with Gasteiger partial charge in [-0.1, -0.05) is 37.3 Å². The predicted octanol–water partition coefficient (Wildman–Crippen LogP) is 2.23. The molecule has 1 aromatic rings. The molecule has 0 bridgehead atoms. The van der Waals surface area contributed by atoms with Crippen LogP contribution in [0.25, 0.3) is 0 Å². The maximum Gasteiger partial charge on any atom is 0.0474 e. The van der Waals surface area contributed by atoms with Crippen LogP contribution in [-0.4, -0.2) is 24.3 Å². The van der Waals surface area contributed by atoms with Crippen molar-refractivity contribution in [3.8, 4) is 0 Å². The van der Waals surface area contributed by atoms with Gasteiger partial charge in [0.2, 0.25) is 0 Å². The van der Waals surface area contributed by atoms with Crippen LogP contribution in [0.3, 0.4) is 0 Å². The van der Waals surface area contributed by atoms with Crippen LogP contribution in [0.2, 0.25) is 0 Å². The fourth-order valence-electron chi connectivity index (χ4n) is 1.66. The molecule has 2 nitrogen and oxygen atoms in total. The van der Waals surface area contributed by atoms with Crippen LogP contribution in [0.1, 0.15) is 25.8 Å². The standard InChI is InChI=1S/C14H23NO/c1-3-12(2)15-10-14(11-16)9-13-7-5-4-6-8-13/h4-8,12,14-16H,3,9-11H2,1-2H3. The average molecular weight is 221 g/mol. The molecule has 0 aliphatic rings. The molecule has 2 N–H and O–H groups in total. The van der Waals surface area contributed by atoms with Gasteiger partial charge >= 0.3 is 0 Å². The van der Waals surface area contributed by atoms with Crippen LogP contribution in [-0.2, 0) is 6.42 Å². The van der Waals surface area contributed by atoms with Crippen molar-refractivity contribution in [2.45, 2.75) is 32.7 Å². The number of aliphatic hydroxyl groups is 1. The van der Waals surface area contributed by atoms with Crippen LogP contribution in [0.15, 0.2) is 30.3 Å². The first-order chi connectivity index (χ1) is 7.76. The van der Waals surface area contributed by atoms with E-state index in [0.717, 1.165) is 19.4 Å². The summed E-state index contributed by atoms with van der Waals surface area (Å²) in [5, 5.41) is 12.8. The summed E-state index contributed by atoms with van der Waals surface area (Å²) in [6.07, 6.45) is 2.07. The van der Waals surface area contributed by atoms with Gasteiger partial charge in [0, 0.05) is 19.2 Å². The predicted molar refractivity (Wildman–Crippen MR) is 68.5 cm³/mol. The molecule has 16 heavy (non-hydrogen) atoms. The molecule has 2 heteroatoms. The Kier molecular flexibility index (Phi) is 6.12. The maximum atomic E-state index is 9.33. The van der Waals surface area contributed by atoms with E-state index in [-0.39, 0.29) is 6.61 Å². The summed E-state index contributed by atoms with van der Waals surface area (Å²) in [5.41, 5.74) is 1.30. The molecule has 0 saturated heterocycles. The molecule has 2 unspecified atom stereocenters. The average Bonchev–Trinajstić information content (AvgIpc) is 2.35. The molecule has 0 spiro atoms. The topological polar surface area (TPSA) is 32.3 Å². The molecule has 0 amide bonds. The highest BCUT2D eigenvalue weighted by Gasteiger charge is 2.09. The monoisotopic (exact) mass is 221 g/mol. The smallest absolute Gasteiger partial charge is 0.0474 e. The molecular weight excluding hydrogens is 198 g/mol. The van der Waals surface area contributed by atoms with Gasteiger partial charge in [0.15, 0.2) is 0 Å². The van der Waals surface area contributed by atoms with E-state index < -0.39 is 0 Å². The van der Waals surface area contributed by atoms with Gasteiger partial charge in [-0.3, -0.25) is 0 Å². The van der Waals surface area contributed by atoms with Gasteiger partial charge in [0.25, 0.3) is 0 Å². The highest BCUT2D eigenvalue weighted by Crippen LogP contribution is 2.07. The first-order valence-electron chi connectivity index (χ1n) is 6.14. The van der Waals surface area contributed by atoms with Crippen molar-refractivity contribution in [2.75, 3.05) is 13.2 Å². The van der Waals surface area contributed by atoms with Crippen LogP contribution >= 0.6 is 0 Å². The zero-order chi connectivity index (χ0) is 11.8. The highest BCUT2D eigenvalue weighted by atomic mass is 16.3. The molecule has 0 aliphatic heterocycles. The van der Waals surface area contributed by atoms with E-state index in [9.17, 15) is 5.11 Å². The lowest BCUT2D eigenvalue weighted by Gasteiger charge is -2.18. The number of nitrogens with one attached hydrogen (secondary N) is 1. The van der Waals surface area contributed by atoms with E-state index in [1.807, 2.05) is 18.2 Å². The summed E-state index contributed by atoms with van der Waals surface area (Å²) in [7, 11) is 0. The lowest BCUT2D eigenvalue weighted by molar-refractivity contribution is 0.218. The Morgan fingerprint density at radius 1 is 1.25 bits per heavy atom. The molecule has 2 atom stereocenters. The maximum absolute atomic E-state index is 9.33. The second kappa shape index (κ2) is 7.42. The van der Waals surface area contributed by atoms with Crippen molar-refractivity contribution in [3.05, 3.63) is 35.9 Å². The van der Waals surface area contributed by atoms with Crippen molar-refractivity contribution in [1.29, 1.82) is 0 Å². The van der Waals surface area contributed by atoms with Crippen LogP contribution < -0.4 is 5.32 Å². The van der Waals surface area contributed by atoms with Crippen LogP contribution in [0.4, 0.5) is 0 Å². The zero-order valence-electron chi connectivity index (χ0n) is 10.3. The molecule has 0 saturated carbocycles. The Morgan fingerprint density at radius 2 is 1.94 bits per heavy atom. The molecule has 90 valence electrons. The quantitative estimate of drug-likeness (QED) is 0.740. The van der Waals surface area contributed by atoms with Crippen molar-refractivity contribution in [1.82, 2.24) is 5.32 Å². The molecule has 0 fully saturated rings. The van der Waals surface area contributed by atoms with Crippen molar-refractivity contribution in [3.63, 3.8) is 0 Å². The minimum absolute atomic E-state index is 0.248. The second-order valence-electron chi connectivity index (χ2n) is 4.46. The molecule has 0 heterocycles. The lowest BCUT2D eigenvalue weighted by Crippen LogP contribution is -2.33. The van der Waals surface area contributed by atoms with Crippen LogP contribution in [0.5, 0.6) is 0 Å². The first-order valence-corrected chi connectivity index (χ1v) is 6.14. The fraction of sp³-hybridized carbons (Fsp3) is 0.571. The molecular formula is C14H23NO. The third-order valence-corrected chi connectivity index (χ3v) is 2.99. The van der Waals surface area contributed by atoms with Gasteiger partial charge in [-0.15, -0.1) is 0 Å². The van der Waals surface area contributed by atoms with Gasteiger partial charge < -0.3 is 10.4 Å². The first kappa shape index (κ1) is 13.2. The number of hydrogen-bond acceptors (Lipinski definition) is 2. The largest absolute Gasteiger partial charge is 0.396 e. The van der Waals surface area contributed by atoms with E-state index in [0.29, 0.717) is 12.0 Å². The highest BCUT2D eigenvalue weighted by molar-refractivity contribution is 5.15. The normalized spacial score (nSPS) is 14.7. The van der Waals surface area contributed by atoms with Gasteiger partial charge in [0.1, 0.15) is 0 Å². The van der Waals surface area contributed by atoms with E-state index in [2.05, 4.69) is 31.3 Å². The lowest BCUT2D eigenvalue weighted by atomic mass is 10.00. The summed E-state index contributed by atoms with van der Waals surface area (Å²) >= 11 is 0. The number of benzene rings is 1. The molecule has 0 aliphatic carbocycles. The van der Waals surface area contributed by atoms with E-state index in [1.54, 1.807) is 0 Å². The van der Waals surface area contributed by atoms with Gasteiger partial charge in [-0.05, 0) is 31.2 Å². The SMILES string of the molecule is CCC(C)NCC(CO)Cc1ccccc1. The Hall–Kier alpha value is -0.860. The van der Waals surface area contributed by atoms with Gasteiger partial charge in [0.05, 0.1) is 0 Å². The minimum atomic E-state index is 0.248. The summed E-state index contributed by atoms with van der Waals surface area (Å²) in [4.78, 5) is 0. The second-order valence-corrected chi connectivity index (χ2v) is 4.46. The van der Waals surface area contributed by atoms with Crippen molar-refractivity contribution < 1.29 is 5.11 Å². The van der Waals surface area contributed by atoms with Crippen LogP contribution in [0, 0.1) is 5.92 Å². The van der Waals surface area contributed by atoms with E-state index in [4.69, 9.17) is 0 Å². The number of rotatable bonds is 7. The summed E-state index contributed by atoms with van der Waals surface area (Å²) in [6, 6.07) is 10.9. The Morgan fingerprint density at radius 3 is 2.50 bits per heavy atom. The molecule has 0 aromatic heterocycles. The molecule has 1 aromatic carbocycles. The third-order valence-electron chi connectivity index (χ3n) is 2.99. The summed E-state index contributed by atoms with van der Waals surface area (Å²) in [5.74, 6) is 0.316. The summed E-state index contributed by atoms with van der Waals surface area (Å²) < 4.78 is 0. The summed E-state index contributed by atoms with van der Waals surface area (Å²) in [6.45, 7) is 5.48. The number of hydrogen-bond donors (Lipinski definition) is 2. The zero-order valence-corrected chi connectivity index (χ0v) is 10.3. The minimum Gasteiger partial charge on any atom is -0.396 e. The third kappa shape index (κ3) is 4.77. The number of aliphatic hydroxyl groups excluding tert-OH is 1. The van der Waals surface area contributed by atoms with Crippen molar-refractivity contribution >= 4 is 0 Å².